The van der Waals surface area contributed by atoms with Gasteiger partial charge in [0.2, 0.25) is 10.0 Å². The lowest BCUT2D eigenvalue weighted by Crippen LogP contribution is -2.50. The lowest BCUT2D eigenvalue weighted by Gasteiger charge is -2.38. The predicted octanol–water partition coefficient (Wildman–Crippen LogP) is 3.34. The molecule has 3 aromatic rings. The molecule has 0 radical (unpaired) electrons. The van der Waals surface area contributed by atoms with Crippen LogP contribution in [0.5, 0.6) is 5.75 Å². The van der Waals surface area contributed by atoms with E-state index in [1.54, 1.807) is 55.5 Å². The first kappa shape index (κ1) is 30.5. The van der Waals surface area contributed by atoms with Crippen LogP contribution in [0.15, 0.2) is 82.6 Å². The van der Waals surface area contributed by atoms with E-state index in [0.29, 0.717) is 0 Å². The van der Waals surface area contributed by atoms with E-state index in [-0.39, 0.29) is 46.5 Å². The Bertz CT molecular complexity index is 1600. The fourth-order valence-corrected chi connectivity index (χ4v) is 6.85. The monoisotopic (exact) mass is 601 g/mol. The quantitative estimate of drug-likeness (QED) is 0.384. The fraction of sp³-hybridized carbons (Fsp3) is 0.345. The molecule has 1 aliphatic rings. The molecule has 0 fully saturated rings. The summed E-state index contributed by atoms with van der Waals surface area (Å²) in [6, 6.07) is 18.3. The summed E-state index contributed by atoms with van der Waals surface area (Å²) < 4.78 is 63.3. The van der Waals surface area contributed by atoms with Gasteiger partial charge in [0.05, 0.1) is 40.2 Å². The van der Waals surface area contributed by atoms with Gasteiger partial charge < -0.3 is 14.7 Å². The molecule has 12 heteroatoms. The van der Waals surface area contributed by atoms with Gasteiger partial charge in [0.1, 0.15) is 6.10 Å². The molecule has 41 heavy (non-hydrogen) atoms. The number of sulfonamides is 2. The lowest BCUT2D eigenvalue weighted by atomic mass is 9.99. The lowest BCUT2D eigenvalue weighted by molar-refractivity contribution is 0.0389. The van der Waals surface area contributed by atoms with Crippen LogP contribution in [0.4, 0.5) is 5.69 Å². The van der Waals surface area contributed by atoms with Crippen molar-refractivity contribution in [2.75, 3.05) is 31.5 Å². The first-order chi connectivity index (χ1) is 19.3. The van der Waals surface area contributed by atoms with Crippen molar-refractivity contribution in [2.45, 2.75) is 42.7 Å². The van der Waals surface area contributed by atoms with Crippen molar-refractivity contribution < 1.29 is 31.5 Å². The standard InChI is InChI=1S/C29H35N3O7S2/c1-20-13-15-24(16-14-20)41(37,38)31(4)18-27-21(2)17-32(22(3)19-33)29(34)25-11-8-12-26(28(25)39-27)30-40(35,36)23-9-6-5-7-10-23/h5-16,21-22,27,30,33H,17-19H2,1-4H3/t21-,22+,27-/m0/s1. The van der Waals surface area contributed by atoms with Crippen molar-refractivity contribution >= 4 is 31.6 Å². The molecule has 4 rings (SSSR count). The molecule has 0 unspecified atom stereocenters. The molecule has 10 nitrogen and oxygen atoms in total. The van der Waals surface area contributed by atoms with Gasteiger partial charge in [0, 0.05) is 19.5 Å². The van der Waals surface area contributed by atoms with Crippen LogP contribution in [0.2, 0.25) is 0 Å². The Labute approximate surface area is 241 Å². The number of hydrogen-bond donors (Lipinski definition) is 2. The number of para-hydroxylation sites is 1. The number of carbonyl (C=O) groups excluding carboxylic acids is 1. The normalized spacial score (nSPS) is 18.7. The molecule has 0 bridgehead atoms. The zero-order chi connectivity index (χ0) is 29.9. The number of ether oxygens (including phenoxy) is 1. The summed E-state index contributed by atoms with van der Waals surface area (Å²) in [5, 5.41) is 9.89. The van der Waals surface area contributed by atoms with Gasteiger partial charge >= 0.3 is 0 Å². The van der Waals surface area contributed by atoms with Crippen molar-refractivity contribution in [3.05, 3.63) is 83.9 Å². The third-order valence-electron chi connectivity index (χ3n) is 7.16. The maximum atomic E-state index is 13.7. The molecule has 0 saturated heterocycles. The topological polar surface area (TPSA) is 133 Å². The van der Waals surface area contributed by atoms with E-state index in [2.05, 4.69) is 4.72 Å². The minimum absolute atomic E-state index is 0.00942. The van der Waals surface area contributed by atoms with Gasteiger partial charge in [-0.25, -0.2) is 16.8 Å². The number of fused-ring (bicyclic) bond motifs is 1. The molecular weight excluding hydrogens is 566 g/mol. The number of aryl methyl sites for hydroxylation is 1. The number of aliphatic hydroxyl groups is 1. The number of aliphatic hydroxyl groups excluding tert-OH is 1. The van der Waals surface area contributed by atoms with Crippen LogP contribution in [-0.4, -0.2) is 75.9 Å². The number of nitrogens with zero attached hydrogens (tertiary/aromatic N) is 2. The minimum Gasteiger partial charge on any atom is -0.486 e. The first-order valence-corrected chi connectivity index (χ1v) is 16.1. The summed E-state index contributed by atoms with van der Waals surface area (Å²) in [7, 11) is -6.46. The Balaban J connectivity index is 1.76. The van der Waals surface area contributed by atoms with E-state index in [1.165, 1.54) is 40.5 Å². The Morgan fingerprint density at radius 2 is 1.66 bits per heavy atom. The van der Waals surface area contributed by atoms with E-state index in [1.807, 2.05) is 13.8 Å². The molecule has 2 N–H and O–H groups in total. The van der Waals surface area contributed by atoms with Crippen molar-refractivity contribution in [3.8, 4) is 5.75 Å². The number of carbonyl (C=O) groups is 1. The second-order valence-corrected chi connectivity index (χ2v) is 14.0. The van der Waals surface area contributed by atoms with Crippen molar-refractivity contribution in [3.63, 3.8) is 0 Å². The van der Waals surface area contributed by atoms with Crippen LogP contribution < -0.4 is 9.46 Å². The van der Waals surface area contributed by atoms with Crippen LogP contribution in [0.3, 0.4) is 0 Å². The number of hydrogen-bond acceptors (Lipinski definition) is 7. The Hall–Kier alpha value is -3.45. The molecule has 220 valence electrons. The van der Waals surface area contributed by atoms with E-state index >= 15 is 0 Å². The van der Waals surface area contributed by atoms with Gasteiger partial charge in [-0.1, -0.05) is 48.9 Å². The van der Waals surface area contributed by atoms with E-state index in [0.717, 1.165) is 5.56 Å². The summed E-state index contributed by atoms with van der Waals surface area (Å²) >= 11 is 0. The van der Waals surface area contributed by atoms with Gasteiger partial charge in [0.25, 0.3) is 15.9 Å². The smallest absolute Gasteiger partial charge is 0.262 e. The summed E-state index contributed by atoms with van der Waals surface area (Å²) in [4.78, 5) is 15.3. The van der Waals surface area contributed by atoms with Crippen LogP contribution in [0.25, 0.3) is 0 Å². The van der Waals surface area contributed by atoms with Crippen LogP contribution in [-0.2, 0) is 20.0 Å². The van der Waals surface area contributed by atoms with Crippen molar-refractivity contribution in [2.24, 2.45) is 5.92 Å². The van der Waals surface area contributed by atoms with Gasteiger partial charge in [-0.05, 0) is 50.2 Å². The highest BCUT2D eigenvalue weighted by molar-refractivity contribution is 7.92. The highest BCUT2D eigenvalue weighted by Gasteiger charge is 2.36. The van der Waals surface area contributed by atoms with Crippen LogP contribution in [0, 0.1) is 12.8 Å². The Kier molecular flexibility index (Phi) is 9.07. The number of amides is 1. The molecule has 3 aromatic carbocycles. The SMILES string of the molecule is Cc1ccc(S(=O)(=O)N(C)C[C@@H]2Oc3c(NS(=O)(=O)c4ccccc4)cccc3C(=O)N([C@H](C)CO)C[C@@H]2C)cc1. The van der Waals surface area contributed by atoms with Gasteiger partial charge in [-0.2, -0.15) is 4.31 Å². The molecule has 1 amide bonds. The highest BCUT2D eigenvalue weighted by atomic mass is 32.2. The van der Waals surface area contributed by atoms with E-state index < -0.39 is 44.0 Å². The molecule has 1 heterocycles. The van der Waals surface area contributed by atoms with Crippen molar-refractivity contribution in [1.82, 2.24) is 9.21 Å². The zero-order valence-electron chi connectivity index (χ0n) is 23.4. The summed E-state index contributed by atoms with van der Waals surface area (Å²) in [6.07, 6.45) is -0.775. The number of nitrogens with one attached hydrogen (secondary N) is 1. The molecule has 0 spiro atoms. The Morgan fingerprint density at radius 1 is 1.00 bits per heavy atom. The number of likely N-dealkylation sites (N-methyl/N-ethyl adjacent to an activating group) is 1. The average molecular weight is 602 g/mol. The summed E-state index contributed by atoms with van der Waals surface area (Å²) in [5.41, 5.74) is 1.06. The average Bonchev–Trinajstić information content (AvgIpc) is 2.95. The second-order valence-electron chi connectivity index (χ2n) is 10.3. The minimum atomic E-state index is -4.04. The summed E-state index contributed by atoms with van der Waals surface area (Å²) in [5.74, 6) is -0.839. The molecule has 0 aromatic heterocycles. The Morgan fingerprint density at radius 3 is 2.29 bits per heavy atom. The maximum absolute atomic E-state index is 13.7. The first-order valence-electron chi connectivity index (χ1n) is 13.2. The third kappa shape index (κ3) is 6.56. The molecular formula is C29H35N3O7S2. The second kappa shape index (κ2) is 12.2. The predicted molar refractivity (Wildman–Crippen MR) is 156 cm³/mol. The largest absolute Gasteiger partial charge is 0.486 e. The zero-order valence-corrected chi connectivity index (χ0v) is 25.0. The highest BCUT2D eigenvalue weighted by Crippen LogP contribution is 2.36. The summed E-state index contributed by atoms with van der Waals surface area (Å²) in [6.45, 7) is 5.21. The van der Waals surface area contributed by atoms with Gasteiger partial charge in [-0.15, -0.1) is 0 Å². The number of benzene rings is 3. The molecule has 0 saturated carbocycles. The van der Waals surface area contributed by atoms with Crippen LogP contribution in [0.1, 0.15) is 29.8 Å². The number of anilines is 1. The molecule has 0 aliphatic carbocycles. The third-order valence-corrected chi connectivity index (χ3v) is 10.4. The fourth-order valence-electron chi connectivity index (χ4n) is 4.59. The van der Waals surface area contributed by atoms with E-state index in [4.69, 9.17) is 4.74 Å². The van der Waals surface area contributed by atoms with Crippen LogP contribution >= 0.6 is 0 Å². The number of rotatable bonds is 9. The molecule has 1 aliphatic heterocycles. The maximum Gasteiger partial charge on any atom is 0.262 e. The van der Waals surface area contributed by atoms with E-state index in [9.17, 15) is 26.7 Å². The van der Waals surface area contributed by atoms with Gasteiger partial charge in [0.15, 0.2) is 5.75 Å². The van der Waals surface area contributed by atoms with Crippen molar-refractivity contribution in [1.29, 1.82) is 0 Å². The van der Waals surface area contributed by atoms with Gasteiger partial charge in [-0.3, -0.25) is 9.52 Å². The molecule has 3 atom stereocenters.